The van der Waals surface area contributed by atoms with Gasteiger partial charge in [0.2, 0.25) is 0 Å². The Balaban J connectivity index is 1.28. The number of aromatic amines is 1. The topological polar surface area (TPSA) is 100 Å². The van der Waals surface area contributed by atoms with Crippen molar-refractivity contribution in [3.05, 3.63) is 109 Å². The van der Waals surface area contributed by atoms with Gasteiger partial charge < -0.3 is 20.1 Å². The molecule has 174 valence electrons. The van der Waals surface area contributed by atoms with Crippen molar-refractivity contribution < 1.29 is 14.6 Å². The van der Waals surface area contributed by atoms with Crippen molar-refractivity contribution in [1.82, 2.24) is 15.0 Å². The summed E-state index contributed by atoms with van der Waals surface area (Å²) in [5.74, 6) is 0.261. The minimum atomic E-state index is -0.949. The van der Waals surface area contributed by atoms with Crippen LogP contribution in [0.5, 0.6) is 5.75 Å². The summed E-state index contributed by atoms with van der Waals surface area (Å²) in [5, 5.41) is 13.9. The number of para-hydroxylation sites is 1. The third-order valence-electron chi connectivity index (χ3n) is 5.78. The van der Waals surface area contributed by atoms with Gasteiger partial charge in [0, 0.05) is 35.2 Å². The third kappa shape index (κ3) is 5.30. The number of benzene rings is 3. The van der Waals surface area contributed by atoms with Crippen LogP contribution in [0, 0.1) is 0 Å². The van der Waals surface area contributed by atoms with Crippen LogP contribution in [0.2, 0.25) is 0 Å². The molecule has 1 unspecified atom stereocenters. The van der Waals surface area contributed by atoms with Gasteiger partial charge in [-0.05, 0) is 41.5 Å². The number of aliphatic carboxylic acids is 1. The summed E-state index contributed by atoms with van der Waals surface area (Å²) in [7, 11) is 0. The molecule has 35 heavy (non-hydrogen) atoms. The minimum absolute atomic E-state index is 0.312. The Kier molecular flexibility index (Phi) is 6.39. The van der Waals surface area contributed by atoms with Gasteiger partial charge in [-0.15, -0.1) is 0 Å². The number of rotatable bonds is 9. The van der Waals surface area contributed by atoms with E-state index < -0.39 is 12.0 Å². The first-order valence-corrected chi connectivity index (χ1v) is 11.3. The van der Waals surface area contributed by atoms with Gasteiger partial charge in [-0.2, -0.15) is 0 Å². The summed E-state index contributed by atoms with van der Waals surface area (Å²) < 4.78 is 5.85. The van der Waals surface area contributed by atoms with E-state index in [1.807, 2.05) is 85.1 Å². The molecule has 0 aliphatic heterocycles. The molecule has 5 rings (SSSR count). The van der Waals surface area contributed by atoms with Gasteiger partial charge >= 0.3 is 5.97 Å². The van der Waals surface area contributed by atoms with Crippen LogP contribution in [0.15, 0.2) is 97.5 Å². The summed E-state index contributed by atoms with van der Waals surface area (Å²) in [4.78, 5) is 23.8. The van der Waals surface area contributed by atoms with E-state index in [1.54, 1.807) is 6.07 Å². The predicted octanol–water partition coefficient (Wildman–Crippen LogP) is 5.31. The molecule has 7 heteroatoms. The number of nitrogens with one attached hydrogen (secondary N) is 2. The van der Waals surface area contributed by atoms with Crippen molar-refractivity contribution in [3.8, 4) is 17.0 Å². The Morgan fingerprint density at radius 1 is 0.971 bits per heavy atom. The van der Waals surface area contributed by atoms with Crippen LogP contribution in [0.4, 0.5) is 5.82 Å². The molecule has 0 amide bonds. The van der Waals surface area contributed by atoms with E-state index in [1.165, 1.54) is 6.33 Å². The quantitative estimate of drug-likeness (QED) is 0.273. The van der Waals surface area contributed by atoms with Crippen LogP contribution >= 0.6 is 0 Å². The molecule has 7 nitrogen and oxygen atoms in total. The maximum atomic E-state index is 12.0. The second-order valence-corrected chi connectivity index (χ2v) is 8.19. The molecular formula is C28H24N4O3. The predicted molar refractivity (Wildman–Crippen MR) is 135 cm³/mol. The van der Waals surface area contributed by atoms with Gasteiger partial charge in [0.1, 0.15) is 30.5 Å². The number of anilines is 1. The summed E-state index contributed by atoms with van der Waals surface area (Å²) >= 11 is 0. The Labute approximate surface area is 202 Å². The Morgan fingerprint density at radius 3 is 2.54 bits per heavy atom. The standard InChI is InChI=1S/C28H24N4O3/c33-28(34)26(14-21-16-29-24-9-5-4-8-23(21)24)32-27-15-25(30-18-31-27)20-10-12-22(13-11-20)35-17-19-6-2-1-3-7-19/h1-13,15-16,18,26,29H,14,17H2,(H,33,34)(H,30,31,32). The van der Waals surface area contributed by atoms with Gasteiger partial charge in [0.25, 0.3) is 0 Å². The van der Waals surface area contributed by atoms with Crippen LogP contribution in [-0.2, 0) is 17.8 Å². The molecule has 3 aromatic carbocycles. The smallest absolute Gasteiger partial charge is 0.326 e. The molecule has 2 aromatic heterocycles. The molecule has 0 radical (unpaired) electrons. The third-order valence-corrected chi connectivity index (χ3v) is 5.78. The highest BCUT2D eigenvalue weighted by Crippen LogP contribution is 2.24. The lowest BCUT2D eigenvalue weighted by Crippen LogP contribution is -2.31. The van der Waals surface area contributed by atoms with Crippen LogP contribution in [-0.4, -0.2) is 32.1 Å². The minimum Gasteiger partial charge on any atom is -0.489 e. The van der Waals surface area contributed by atoms with Gasteiger partial charge in [-0.3, -0.25) is 0 Å². The van der Waals surface area contributed by atoms with Crippen molar-refractivity contribution in [2.45, 2.75) is 19.1 Å². The molecule has 0 aliphatic carbocycles. The molecule has 5 aromatic rings. The highest BCUT2D eigenvalue weighted by Gasteiger charge is 2.20. The number of nitrogens with zero attached hydrogens (tertiary/aromatic N) is 2. The molecule has 0 bridgehead atoms. The van der Waals surface area contributed by atoms with Crippen molar-refractivity contribution in [1.29, 1.82) is 0 Å². The lowest BCUT2D eigenvalue weighted by Gasteiger charge is -2.15. The Bertz CT molecular complexity index is 1430. The SMILES string of the molecule is O=C(O)C(Cc1c[nH]c2ccccc12)Nc1cc(-c2ccc(OCc3ccccc3)cc2)ncn1. The molecule has 2 heterocycles. The van der Waals surface area contributed by atoms with Gasteiger partial charge in [-0.25, -0.2) is 14.8 Å². The van der Waals surface area contributed by atoms with Gasteiger partial charge in [-0.1, -0.05) is 48.5 Å². The molecule has 0 aliphatic rings. The van der Waals surface area contributed by atoms with E-state index in [2.05, 4.69) is 20.3 Å². The maximum Gasteiger partial charge on any atom is 0.326 e. The van der Waals surface area contributed by atoms with Crippen molar-refractivity contribution >= 4 is 22.7 Å². The maximum absolute atomic E-state index is 12.0. The first-order chi connectivity index (χ1) is 17.2. The molecule has 3 N–H and O–H groups in total. The highest BCUT2D eigenvalue weighted by atomic mass is 16.5. The molecule has 0 spiro atoms. The highest BCUT2D eigenvalue weighted by molar-refractivity contribution is 5.85. The summed E-state index contributed by atoms with van der Waals surface area (Å²) in [6.45, 7) is 0.495. The van der Waals surface area contributed by atoms with Crippen LogP contribution < -0.4 is 10.1 Å². The van der Waals surface area contributed by atoms with Crippen LogP contribution in [0.1, 0.15) is 11.1 Å². The number of fused-ring (bicyclic) bond motifs is 1. The normalized spacial score (nSPS) is 11.8. The number of ether oxygens (including phenoxy) is 1. The lowest BCUT2D eigenvalue weighted by molar-refractivity contribution is -0.137. The fraction of sp³-hybridized carbons (Fsp3) is 0.107. The first kappa shape index (κ1) is 22.2. The number of hydrogen-bond acceptors (Lipinski definition) is 5. The summed E-state index contributed by atoms with van der Waals surface area (Å²) in [6.07, 6.45) is 3.60. The average molecular weight is 465 g/mol. The number of carboxylic acids is 1. The second-order valence-electron chi connectivity index (χ2n) is 8.19. The fourth-order valence-corrected chi connectivity index (χ4v) is 3.96. The first-order valence-electron chi connectivity index (χ1n) is 11.3. The number of carbonyl (C=O) groups is 1. The lowest BCUT2D eigenvalue weighted by atomic mass is 10.0. The van der Waals surface area contributed by atoms with Crippen molar-refractivity contribution in [2.75, 3.05) is 5.32 Å². The van der Waals surface area contributed by atoms with E-state index in [0.717, 1.165) is 33.3 Å². The molecule has 0 saturated heterocycles. The summed E-state index contributed by atoms with van der Waals surface area (Å²) in [5.41, 5.74) is 4.58. The van der Waals surface area contributed by atoms with Gasteiger partial charge in [0.15, 0.2) is 0 Å². The monoisotopic (exact) mass is 464 g/mol. The molecule has 0 fully saturated rings. The van der Waals surface area contributed by atoms with Crippen LogP contribution in [0.3, 0.4) is 0 Å². The molecule has 0 saturated carbocycles. The van der Waals surface area contributed by atoms with Crippen molar-refractivity contribution in [3.63, 3.8) is 0 Å². The number of H-pyrrole nitrogens is 1. The second kappa shape index (κ2) is 10.1. The van der Waals surface area contributed by atoms with Crippen LogP contribution in [0.25, 0.3) is 22.2 Å². The summed E-state index contributed by atoms with van der Waals surface area (Å²) in [6, 6.07) is 26.4. The van der Waals surface area contributed by atoms with E-state index >= 15 is 0 Å². The van der Waals surface area contributed by atoms with Gasteiger partial charge in [0.05, 0.1) is 5.69 Å². The van der Waals surface area contributed by atoms with E-state index in [0.29, 0.717) is 24.5 Å². The van der Waals surface area contributed by atoms with Crippen molar-refractivity contribution in [2.24, 2.45) is 0 Å². The zero-order valence-corrected chi connectivity index (χ0v) is 18.9. The zero-order chi connectivity index (χ0) is 24.0. The Hall–Kier alpha value is -4.65. The fourth-order valence-electron chi connectivity index (χ4n) is 3.96. The molecular weight excluding hydrogens is 440 g/mol. The zero-order valence-electron chi connectivity index (χ0n) is 18.9. The van der Waals surface area contributed by atoms with E-state index in [4.69, 9.17) is 4.74 Å². The largest absolute Gasteiger partial charge is 0.489 e. The number of carboxylic acid groups (broad SMARTS) is 1. The number of aromatic nitrogens is 3. The van der Waals surface area contributed by atoms with E-state index in [9.17, 15) is 9.90 Å². The van der Waals surface area contributed by atoms with E-state index in [-0.39, 0.29) is 0 Å². The average Bonchev–Trinajstić information content (AvgIpc) is 3.31. The molecule has 1 atom stereocenters. The number of hydrogen-bond donors (Lipinski definition) is 3. The Morgan fingerprint density at radius 2 is 1.74 bits per heavy atom.